The molecule has 0 aliphatic heterocycles. The van der Waals surface area contributed by atoms with Gasteiger partial charge in [-0.1, -0.05) is 23.2 Å². The Morgan fingerprint density at radius 2 is 1.81 bits per heavy atom. The lowest BCUT2D eigenvalue weighted by atomic mass is 10.2. The summed E-state index contributed by atoms with van der Waals surface area (Å²) in [7, 11) is 0. The number of nitrogens with one attached hydrogen (secondary N) is 2. The number of hydrogen-bond acceptors (Lipinski definition) is 3. The van der Waals surface area contributed by atoms with Crippen LogP contribution in [0.25, 0.3) is 11.4 Å². The van der Waals surface area contributed by atoms with Crippen LogP contribution in [0.2, 0.25) is 10.0 Å². The van der Waals surface area contributed by atoms with E-state index in [1.807, 2.05) is 4.98 Å². The van der Waals surface area contributed by atoms with E-state index in [2.05, 4.69) is 9.97 Å². The van der Waals surface area contributed by atoms with Gasteiger partial charge < -0.3 is 0 Å². The van der Waals surface area contributed by atoms with Gasteiger partial charge >= 0.3 is 11.4 Å². The van der Waals surface area contributed by atoms with Gasteiger partial charge in [0, 0.05) is 5.56 Å². The van der Waals surface area contributed by atoms with Gasteiger partial charge in [-0.3, -0.25) is 9.97 Å². The van der Waals surface area contributed by atoms with Gasteiger partial charge in [-0.15, -0.1) is 0 Å². The first-order valence-corrected chi connectivity index (χ1v) is 4.98. The van der Waals surface area contributed by atoms with Gasteiger partial charge in [0.25, 0.3) is 0 Å². The van der Waals surface area contributed by atoms with Crippen LogP contribution >= 0.6 is 23.2 Å². The third-order valence-corrected chi connectivity index (χ3v) is 2.60. The van der Waals surface area contributed by atoms with Gasteiger partial charge in [-0.2, -0.15) is 4.98 Å². The maximum absolute atomic E-state index is 11.0. The van der Waals surface area contributed by atoms with Crippen molar-refractivity contribution < 1.29 is 0 Å². The minimum absolute atomic E-state index is 0.146. The highest BCUT2D eigenvalue weighted by Gasteiger charge is 2.05. The van der Waals surface area contributed by atoms with E-state index in [9.17, 15) is 9.59 Å². The van der Waals surface area contributed by atoms with Crippen molar-refractivity contribution >= 4 is 23.2 Å². The van der Waals surface area contributed by atoms with E-state index < -0.39 is 11.4 Å². The number of nitrogens with zero attached hydrogens (tertiary/aromatic N) is 1. The van der Waals surface area contributed by atoms with Gasteiger partial charge in [0.1, 0.15) is 5.82 Å². The first kappa shape index (κ1) is 10.9. The van der Waals surface area contributed by atoms with Crippen molar-refractivity contribution in [2.75, 3.05) is 0 Å². The molecule has 0 atom stereocenters. The van der Waals surface area contributed by atoms with Gasteiger partial charge in [-0.25, -0.2) is 9.59 Å². The zero-order chi connectivity index (χ0) is 11.7. The Bertz CT molecular complexity index is 619. The van der Waals surface area contributed by atoms with Crippen LogP contribution in [-0.4, -0.2) is 15.0 Å². The quantitative estimate of drug-likeness (QED) is 0.812. The molecule has 2 aromatic rings. The fourth-order valence-corrected chi connectivity index (χ4v) is 1.47. The summed E-state index contributed by atoms with van der Waals surface area (Å²) < 4.78 is 0. The molecule has 0 bridgehead atoms. The lowest BCUT2D eigenvalue weighted by Gasteiger charge is -2.01. The number of benzene rings is 1. The smallest absolute Gasteiger partial charge is 0.291 e. The molecule has 1 aromatic heterocycles. The maximum atomic E-state index is 11.0. The molecule has 1 aromatic carbocycles. The normalized spacial score (nSPS) is 10.4. The maximum Gasteiger partial charge on any atom is 0.351 e. The predicted molar refractivity (Wildman–Crippen MR) is 60.9 cm³/mol. The van der Waals surface area contributed by atoms with Crippen LogP contribution in [0.4, 0.5) is 0 Å². The Labute approximate surface area is 99.1 Å². The molecule has 2 N–H and O–H groups in total. The van der Waals surface area contributed by atoms with E-state index in [-0.39, 0.29) is 5.82 Å². The van der Waals surface area contributed by atoms with Gasteiger partial charge in [0.2, 0.25) is 0 Å². The summed E-state index contributed by atoms with van der Waals surface area (Å²) in [4.78, 5) is 30.0. The molecule has 0 aliphatic rings. The molecule has 0 fully saturated rings. The molecule has 0 aliphatic carbocycles. The molecule has 16 heavy (non-hydrogen) atoms. The molecule has 82 valence electrons. The second kappa shape index (κ2) is 4.11. The number of rotatable bonds is 1. The summed E-state index contributed by atoms with van der Waals surface area (Å²) in [6, 6.07) is 4.67. The summed E-state index contributed by atoms with van der Waals surface area (Å²) in [5.41, 5.74) is -0.830. The molecule has 0 amide bonds. The molecular weight excluding hydrogens is 253 g/mol. The molecule has 0 radical (unpaired) electrons. The predicted octanol–water partition coefficient (Wildman–Crippen LogP) is 1.43. The first-order chi connectivity index (χ1) is 7.56. The minimum atomic E-state index is -0.718. The SMILES string of the molecule is O=c1nc(-c2ccc(Cl)c(Cl)c2)[nH]c(=O)[nH]1. The third-order valence-electron chi connectivity index (χ3n) is 1.86. The highest BCUT2D eigenvalue weighted by Crippen LogP contribution is 2.25. The van der Waals surface area contributed by atoms with Crippen LogP contribution in [0.1, 0.15) is 0 Å². The highest BCUT2D eigenvalue weighted by molar-refractivity contribution is 6.42. The Morgan fingerprint density at radius 1 is 1.06 bits per heavy atom. The van der Waals surface area contributed by atoms with Crippen molar-refractivity contribution in [3.05, 3.63) is 49.2 Å². The summed E-state index contributed by atoms with van der Waals surface area (Å²) in [6.45, 7) is 0. The topological polar surface area (TPSA) is 78.6 Å². The number of hydrogen-bond donors (Lipinski definition) is 2. The van der Waals surface area contributed by atoms with Crippen molar-refractivity contribution in [2.45, 2.75) is 0 Å². The average molecular weight is 258 g/mol. The molecule has 0 saturated carbocycles. The average Bonchev–Trinajstić information content (AvgIpc) is 2.20. The van der Waals surface area contributed by atoms with E-state index >= 15 is 0 Å². The van der Waals surface area contributed by atoms with Crippen molar-refractivity contribution in [1.82, 2.24) is 15.0 Å². The number of H-pyrrole nitrogens is 2. The molecule has 0 spiro atoms. The standard InChI is InChI=1S/C9H5Cl2N3O2/c10-5-2-1-4(3-6(5)11)7-12-8(15)14-9(16)13-7/h1-3H,(H2,12,13,14,15,16). The van der Waals surface area contributed by atoms with Crippen LogP contribution in [0.15, 0.2) is 27.8 Å². The van der Waals surface area contributed by atoms with Crippen molar-refractivity contribution in [2.24, 2.45) is 0 Å². The molecular formula is C9H5Cl2N3O2. The fourth-order valence-electron chi connectivity index (χ4n) is 1.17. The lowest BCUT2D eigenvalue weighted by Crippen LogP contribution is -2.25. The van der Waals surface area contributed by atoms with Crippen molar-refractivity contribution in [3.63, 3.8) is 0 Å². The monoisotopic (exact) mass is 257 g/mol. The van der Waals surface area contributed by atoms with E-state index in [0.29, 0.717) is 15.6 Å². The summed E-state index contributed by atoms with van der Waals surface area (Å²) >= 11 is 11.5. The van der Waals surface area contributed by atoms with E-state index in [1.54, 1.807) is 12.1 Å². The van der Waals surface area contributed by atoms with Crippen LogP contribution in [0, 0.1) is 0 Å². The number of aromatic nitrogens is 3. The second-order valence-corrected chi connectivity index (χ2v) is 3.79. The fraction of sp³-hybridized carbons (Fsp3) is 0. The number of aromatic amines is 2. The zero-order valence-electron chi connectivity index (χ0n) is 7.75. The molecule has 0 saturated heterocycles. The second-order valence-electron chi connectivity index (χ2n) is 2.97. The zero-order valence-corrected chi connectivity index (χ0v) is 9.26. The summed E-state index contributed by atoms with van der Waals surface area (Å²) in [6.07, 6.45) is 0. The van der Waals surface area contributed by atoms with E-state index in [4.69, 9.17) is 23.2 Å². The molecule has 2 rings (SSSR count). The van der Waals surface area contributed by atoms with Crippen LogP contribution in [-0.2, 0) is 0 Å². The third kappa shape index (κ3) is 2.15. The van der Waals surface area contributed by atoms with Crippen LogP contribution in [0.5, 0.6) is 0 Å². The first-order valence-electron chi connectivity index (χ1n) is 4.22. The Kier molecular flexibility index (Phi) is 2.80. The van der Waals surface area contributed by atoms with Gasteiger partial charge in [-0.05, 0) is 18.2 Å². The minimum Gasteiger partial charge on any atom is -0.291 e. The summed E-state index contributed by atoms with van der Waals surface area (Å²) in [5, 5.41) is 0.708. The largest absolute Gasteiger partial charge is 0.351 e. The Hall–Kier alpha value is -1.59. The lowest BCUT2D eigenvalue weighted by molar-refractivity contribution is 0.943. The van der Waals surface area contributed by atoms with Crippen molar-refractivity contribution in [3.8, 4) is 11.4 Å². The Morgan fingerprint density at radius 3 is 2.44 bits per heavy atom. The van der Waals surface area contributed by atoms with E-state index in [0.717, 1.165) is 0 Å². The Balaban J connectivity index is 2.63. The summed E-state index contributed by atoms with van der Waals surface area (Å²) in [5.74, 6) is 0.146. The molecule has 5 nitrogen and oxygen atoms in total. The number of halogens is 2. The highest BCUT2D eigenvalue weighted by atomic mass is 35.5. The van der Waals surface area contributed by atoms with Gasteiger partial charge in [0.15, 0.2) is 0 Å². The van der Waals surface area contributed by atoms with Crippen molar-refractivity contribution in [1.29, 1.82) is 0 Å². The molecule has 0 unspecified atom stereocenters. The van der Waals surface area contributed by atoms with Gasteiger partial charge in [0.05, 0.1) is 10.0 Å². The molecule has 7 heteroatoms. The molecule has 1 heterocycles. The van der Waals surface area contributed by atoms with E-state index in [1.165, 1.54) is 6.07 Å². The van der Waals surface area contributed by atoms with Crippen LogP contribution in [0.3, 0.4) is 0 Å². The van der Waals surface area contributed by atoms with Crippen LogP contribution < -0.4 is 11.4 Å².